The third-order valence-electron chi connectivity index (χ3n) is 5.54. The second-order valence-corrected chi connectivity index (χ2v) is 9.15. The van der Waals surface area contributed by atoms with Crippen LogP contribution in [0.4, 0.5) is 5.69 Å². The number of thiazole rings is 1. The van der Waals surface area contributed by atoms with Crippen LogP contribution in [0.1, 0.15) is 16.8 Å². The van der Waals surface area contributed by atoms with Crippen molar-refractivity contribution in [3.63, 3.8) is 0 Å². The first-order valence-corrected chi connectivity index (χ1v) is 11.7. The number of carbonyl (C=O) groups excluding carboxylic acids is 1. The van der Waals surface area contributed by atoms with Gasteiger partial charge in [0, 0.05) is 27.6 Å². The third kappa shape index (κ3) is 4.40. The maximum absolute atomic E-state index is 12.7. The van der Waals surface area contributed by atoms with Crippen molar-refractivity contribution in [1.82, 2.24) is 10.1 Å². The molecule has 2 heterocycles. The Kier molecular flexibility index (Phi) is 5.70. The smallest absolute Gasteiger partial charge is 0.230 e. The second-order valence-electron chi connectivity index (χ2n) is 7.89. The quantitative estimate of drug-likeness (QED) is 0.296. The minimum atomic E-state index is -0.157. The van der Waals surface area contributed by atoms with Gasteiger partial charge in [0.05, 0.1) is 17.1 Å². The van der Waals surface area contributed by atoms with Crippen molar-refractivity contribution in [2.24, 2.45) is 0 Å². The van der Waals surface area contributed by atoms with Crippen molar-refractivity contribution in [2.75, 3.05) is 5.32 Å². The van der Waals surface area contributed by atoms with Gasteiger partial charge in [0.15, 0.2) is 5.58 Å². The highest BCUT2D eigenvalue weighted by Gasteiger charge is 2.15. The van der Waals surface area contributed by atoms with Crippen LogP contribution in [-0.4, -0.2) is 16.0 Å². The van der Waals surface area contributed by atoms with Crippen molar-refractivity contribution in [3.05, 3.63) is 87.9 Å². The van der Waals surface area contributed by atoms with Crippen LogP contribution in [0.25, 0.3) is 32.8 Å². The normalized spacial score (nSPS) is 11.1. The molecule has 0 fully saturated rings. The standard InChI is InChI=1S/C26H20ClN3O2S/c1-15-10-20-22(30-32-24(20)11-16(15)2)13-25(31)28-18-7-5-6-17(12-18)23-14-33-26(29-23)19-8-3-4-9-21(19)27/h3-12,14H,13H2,1-2H3,(H,28,31). The topological polar surface area (TPSA) is 68.0 Å². The number of halogens is 1. The van der Waals surface area contributed by atoms with E-state index in [4.69, 9.17) is 21.1 Å². The van der Waals surface area contributed by atoms with Crippen molar-refractivity contribution in [3.8, 4) is 21.8 Å². The highest BCUT2D eigenvalue weighted by Crippen LogP contribution is 2.33. The summed E-state index contributed by atoms with van der Waals surface area (Å²) in [5.41, 5.74) is 6.95. The average molecular weight is 474 g/mol. The van der Waals surface area contributed by atoms with E-state index < -0.39 is 0 Å². The van der Waals surface area contributed by atoms with Gasteiger partial charge < -0.3 is 9.84 Å². The maximum Gasteiger partial charge on any atom is 0.230 e. The molecule has 5 rings (SSSR count). The molecule has 0 radical (unpaired) electrons. The fraction of sp³-hybridized carbons (Fsp3) is 0.115. The van der Waals surface area contributed by atoms with E-state index in [9.17, 15) is 4.79 Å². The molecule has 33 heavy (non-hydrogen) atoms. The lowest BCUT2D eigenvalue weighted by atomic mass is 10.1. The van der Waals surface area contributed by atoms with Crippen molar-refractivity contribution >= 4 is 45.5 Å². The van der Waals surface area contributed by atoms with E-state index in [-0.39, 0.29) is 12.3 Å². The Morgan fingerprint density at radius 3 is 2.73 bits per heavy atom. The van der Waals surface area contributed by atoms with Crippen LogP contribution in [0.15, 0.2) is 70.6 Å². The number of hydrogen-bond donors (Lipinski definition) is 1. The Balaban J connectivity index is 1.34. The summed E-state index contributed by atoms with van der Waals surface area (Å²) in [6.45, 7) is 4.06. The Labute approximate surface area is 200 Å². The largest absolute Gasteiger partial charge is 0.356 e. The molecule has 0 saturated carbocycles. The SMILES string of the molecule is Cc1cc2onc(CC(=O)Nc3cccc(-c4csc(-c5ccccc5Cl)n4)c3)c2cc1C. The Hall–Kier alpha value is -3.48. The first kappa shape index (κ1) is 21.4. The number of fused-ring (bicyclic) bond motifs is 1. The Morgan fingerprint density at radius 1 is 1.06 bits per heavy atom. The van der Waals surface area contributed by atoms with E-state index in [1.807, 2.05) is 79.9 Å². The molecule has 0 atom stereocenters. The van der Waals surface area contributed by atoms with Crippen LogP contribution in [-0.2, 0) is 11.2 Å². The molecule has 0 bridgehead atoms. The number of nitrogens with one attached hydrogen (secondary N) is 1. The van der Waals surface area contributed by atoms with Gasteiger partial charge in [-0.3, -0.25) is 4.79 Å². The molecule has 0 aliphatic carbocycles. The summed E-state index contributed by atoms with van der Waals surface area (Å²) in [6, 6.07) is 19.3. The number of hydrogen-bond acceptors (Lipinski definition) is 5. The molecule has 1 N–H and O–H groups in total. The van der Waals surface area contributed by atoms with E-state index in [0.717, 1.165) is 38.3 Å². The summed E-state index contributed by atoms with van der Waals surface area (Å²) in [4.78, 5) is 17.5. The summed E-state index contributed by atoms with van der Waals surface area (Å²) >= 11 is 7.85. The molecule has 5 aromatic rings. The van der Waals surface area contributed by atoms with Gasteiger partial charge in [-0.15, -0.1) is 11.3 Å². The number of benzene rings is 3. The molecule has 0 spiro atoms. The lowest BCUT2D eigenvalue weighted by Crippen LogP contribution is -2.14. The molecule has 2 aromatic heterocycles. The molecule has 3 aromatic carbocycles. The molecule has 0 saturated heterocycles. The number of aromatic nitrogens is 2. The number of aryl methyl sites for hydroxylation is 2. The summed E-state index contributed by atoms with van der Waals surface area (Å²) < 4.78 is 5.41. The molecule has 0 aliphatic heterocycles. The molecule has 0 unspecified atom stereocenters. The van der Waals surface area contributed by atoms with Gasteiger partial charge >= 0.3 is 0 Å². The first-order chi connectivity index (χ1) is 16.0. The number of rotatable bonds is 5. The highest BCUT2D eigenvalue weighted by molar-refractivity contribution is 7.13. The zero-order chi connectivity index (χ0) is 22.9. The van der Waals surface area contributed by atoms with E-state index in [2.05, 4.69) is 10.5 Å². The zero-order valence-corrected chi connectivity index (χ0v) is 19.6. The third-order valence-corrected chi connectivity index (χ3v) is 6.74. The van der Waals surface area contributed by atoms with Crippen LogP contribution < -0.4 is 5.32 Å². The lowest BCUT2D eigenvalue weighted by Gasteiger charge is -2.06. The first-order valence-electron chi connectivity index (χ1n) is 10.4. The van der Waals surface area contributed by atoms with Crippen molar-refractivity contribution < 1.29 is 9.32 Å². The number of nitrogens with zero attached hydrogens (tertiary/aromatic N) is 2. The minimum absolute atomic E-state index is 0.132. The van der Waals surface area contributed by atoms with Crippen molar-refractivity contribution in [1.29, 1.82) is 0 Å². The maximum atomic E-state index is 12.7. The minimum Gasteiger partial charge on any atom is -0.356 e. The van der Waals surface area contributed by atoms with Crippen LogP contribution in [0.5, 0.6) is 0 Å². The second kappa shape index (κ2) is 8.81. The number of carbonyl (C=O) groups is 1. The average Bonchev–Trinajstić information content (AvgIpc) is 3.43. The number of amides is 1. The van der Waals surface area contributed by atoms with Gasteiger partial charge in [-0.2, -0.15) is 0 Å². The van der Waals surface area contributed by atoms with Crippen molar-refractivity contribution in [2.45, 2.75) is 20.3 Å². The Bertz CT molecular complexity index is 1490. The lowest BCUT2D eigenvalue weighted by molar-refractivity contribution is -0.115. The molecule has 164 valence electrons. The summed E-state index contributed by atoms with van der Waals surface area (Å²) in [5.74, 6) is -0.157. The summed E-state index contributed by atoms with van der Waals surface area (Å²) in [5, 5.41) is 11.5. The van der Waals surface area contributed by atoms with Crippen LogP contribution in [0.2, 0.25) is 5.02 Å². The predicted octanol–water partition coefficient (Wildman–Crippen LogP) is 7.07. The molecule has 1 amide bonds. The number of anilines is 1. The van der Waals surface area contributed by atoms with Gasteiger partial charge in [0.1, 0.15) is 10.7 Å². The molecular formula is C26H20ClN3O2S. The van der Waals surface area contributed by atoms with E-state index in [0.29, 0.717) is 22.0 Å². The molecule has 7 heteroatoms. The van der Waals surface area contributed by atoms with Crippen LogP contribution in [0.3, 0.4) is 0 Å². The monoisotopic (exact) mass is 473 g/mol. The molecule has 5 nitrogen and oxygen atoms in total. The fourth-order valence-electron chi connectivity index (χ4n) is 3.65. The predicted molar refractivity (Wildman–Crippen MR) is 134 cm³/mol. The van der Waals surface area contributed by atoms with E-state index in [1.165, 1.54) is 11.3 Å². The van der Waals surface area contributed by atoms with Crippen LogP contribution >= 0.6 is 22.9 Å². The summed E-state index contributed by atoms with van der Waals surface area (Å²) in [6.07, 6.45) is 0.132. The van der Waals surface area contributed by atoms with Gasteiger partial charge in [-0.05, 0) is 55.3 Å². The van der Waals surface area contributed by atoms with Gasteiger partial charge in [0.25, 0.3) is 0 Å². The summed E-state index contributed by atoms with van der Waals surface area (Å²) in [7, 11) is 0. The van der Waals surface area contributed by atoms with Gasteiger partial charge in [-0.25, -0.2) is 4.98 Å². The molecular weight excluding hydrogens is 454 g/mol. The van der Waals surface area contributed by atoms with Gasteiger partial charge in [-0.1, -0.05) is 47.1 Å². The zero-order valence-electron chi connectivity index (χ0n) is 18.1. The molecule has 0 aliphatic rings. The Morgan fingerprint density at radius 2 is 1.88 bits per heavy atom. The van der Waals surface area contributed by atoms with Crippen LogP contribution in [0, 0.1) is 13.8 Å². The van der Waals surface area contributed by atoms with Gasteiger partial charge in [0.2, 0.25) is 5.91 Å². The van der Waals surface area contributed by atoms with E-state index >= 15 is 0 Å². The fourth-order valence-corrected chi connectivity index (χ4v) is 4.80. The van der Waals surface area contributed by atoms with E-state index in [1.54, 1.807) is 0 Å². The highest BCUT2D eigenvalue weighted by atomic mass is 35.5.